The van der Waals surface area contributed by atoms with Crippen LogP contribution >= 0.6 is 0 Å². The molecule has 0 saturated carbocycles. The summed E-state index contributed by atoms with van der Waals surface area (Å²) in [5.74, 6) is 2.63. The standard InChI is InChI=1S/C10H17BNO/c1-6(2)9-8(5)13-10(12-9)11-7(3)4/h6-7H,1-5H3. The van der Waals surface area contributed by atoms with Crippen molar-refractivity contribution in [3.8, 4) is 0 Å². The van der Waals surface area contributed by atoms with Gasteiger partial charge in [0.25, 0.3) is 0 Å². The van der Waals surface area contributed by atoms with Crippen molar-refractivity contribution in [3.05, 3.63) is 11.5 Å². The number of aryl methyl sites for hydroxylation is 1. The van der Waals surface area contributed by atoms with Crippen LogP contribution in [0.3, 0.4) is 0 Å². The molecule has 1 aromatic heterocycles. The summed E-state index contributed by atoms with van der Waals surface area (Å²) in [5, 5.41) is 0. The van der Waals surface area contributed by atoms with Crippen molar-refractivity contribution >= 4 is 13.1 Å². The first kappa shape index (κ1) is 10.4. The zero-order chi connectivity index (χ0) is 10.0. The van der Waals surface area contributed by atoms with Gasteiger partial charge in [-0.25, -0.2) is 4.98 Å². The summed E-state index contributed by atoms with van der Waals surface area (Å²) >= 11 is 0. The summed E-state index contributed by atoms with van der Waals surface area (Å²) in [7, 11) is 2.04. The zero-order valence-electron chi connectivity index (χ0n) is 9.09. The van der Waals surface area contributed by atoms with Crippen LogP contribution in [0.1, 0.15) is 45.1 Å². The van der Waals surface area contributed by atoms with Crippen LogP contribution in [-0.2, 0) is 0 Å². The van der Waals surface area contributed by atoms with Gasteiger partial charge in [0.15, 0.2) is 0 Å². The molecule has 0 atom stereocenters. The number of hydrogen-bond donors (Lipinski definition) is 0. The predicted octanol–water partition coefficient (Wildman–Crippen LogP) is 2.26. The van der Waals surface area contributed by atoms with Gasteiger partial charge in [0.05, 0.1) is 5.69 Å². The average molecular weight is 178 g/mol. The Morgan fingerprint density at radius 3 is 2.23 bits per heavy atom. The molecule has 0 fully saturated rings. The number of oxazole rings is 1. The van der Waals surface area contributed by atoms with Crippen molar-refractivity contribution in [2.75, 3.05) is 0 Å². The van der Waals surface area contributed by atoms with E-state index in [0.29, 0.717) is 11.7 Å². The zero-order valence-corrected chi connectivity index (χ0v) is 9.09. The molecule has 1 heterocycles. The van der Waals surface area contributed by atoms with Crippen molar-refractivity contribution in [2.45, 2.75) is 46.4 Å². The lowest BCUT2D eigenvalue weighted by molar-refractivity contribution is 0.553. The Labute approximate surface area is 81.0 Å². The van der Waals surface area contributed by atoms with E-state index in [0.717, 1.165) is 17.2 Å². The minimum absolute atomic E-state index is 0.443. The SMILES string of the molecule is Cc1oc([B]C(C)C)nc1C(C)C. The molecule has 0 amide bonds. The molecule has 1 rings (SSSR count). The Morgan fingerprint density at radius 2 is 1.85 bits per heavy atom. The molecule has 0 aliphatic carbocycles. The van der Waals surface area contributed by atoms with E-state index in [1.165, 1.54) is 0 Å². The van der Waals surface area contributed by atoms with E-state index in [1.54, 1.807) is 0 Å². The molecule has 0 aliphatic rings. The van der Waals surface area contributed by atoms with Crippen LogP contribution in [0.25, 0.3) is 0 Å². The molecule has 3 heteroatoms. The van der Waals surface area contributed by atoms with Crippen molar-refractivity contribution in [1.82, 2.24) is 4.98 Å². The van der Waals surface area contributed by atoms with E-state index >= 15 is 0 Å². The second kappa shape index (κ2) is 3.99. The first-order chi connectivity index (χ1) is 6.00. The molecule has 0 aliphatic heterocycles. The highest BCUT2D eigenvalue weighted by molar-refractivity contribution is 6.52. The van der Waals surface area contributed by atoms with E-state index in [-0.39, 0.29) is 0 Å². The molecule has 0 aromatic carbocycles. The fourth-order valence-corrected chi connectivity index (χ4v) is 1.32. The monoisotopic (exact) mass is 178 g/mol. The predicted molar refractivity (Wildman–Crippen MR) is 55.8 cm³/mol. The van der Waals surface area contributed by atoms with Gasteiger partial charge in [-0.05, 0) is 12.8 Å². The Balaban J connectivity index is 2.82. The molecule has 0 unspecified atom stereocenters. The summed E-state index contributed by atoms with van der Waals surface area (Å²) in [4.78, 5) is 4.43. The molecule has 0 spiro atoms. The lowest BCUT2D eigenvalue weighted by Gasteiger charge is -1.98. The van der Waals surface area contributed by atoms with Gasteiger partial charge in [-0.3, -0.25) is 0 Å². The topological polar surface area (TPSA) is 26.0 Å². The summed E-state index contributed by atoms with van der Waals surface area (Å²) in [6.45, 7) is 10.5. The summed E-state index contributed by atoms with van der Waals surface area (Å²) in [6, 6.07) is 0. The Kier molecular flexibility index (Phi) is 3.18. The molecule has 2 nitrogen and oxygen atoms in total. The second-order valence-electron chi connectivity index (χ2n) is 4.06. The fraction of sp³-hybridized carbons (Fsp3) is 0.700. The maximum Gasteiger partial charge on any atom is 0.232 e. The van der Waals surface area contributed by atoms with Crippen molar-refractivity contribution in [2.24, 2.45) is 0 Å². The normalized spacial score (nSPS) is 11.3. The molecule has 13 heavy (non-hydrogen) atoms. The van der Waals surface area contributed by atoms with Gasteiger partial charge in [0.2, 0.25) is 7.28 Å². The summed E-state index contributed by atoms with van der Waals surface area (Å²) in [6.07, 6.45) is 0. The van der Waals surface area contributed by atoms with Gasteiger partial charge < -0.3 is 4.42 Å². The lowest BCUT2D eigenvalue weighted by Crippen LogP contribution is -2.17. The third-order valence-corrected chi connectivity index (χ3v) is 1.87. The number of nitrogens with zero attached hydrogens (tertiary/aromatic N) is 1. The van der Waals surface area contributed by atoms with Gasteiger partial charge in [-0.2, -0.15) is 0 Å². The number of hydrogen-bond acceptors (Lipinski definition) is 2. The maximum atomic E-state index is 5.52. The number of aromatic nitrogens is 1. The van der Waals surface area contributed by atoms with Crippen molar-refractivity contribution < 1.29 is 4.42 Å². The first-order valence-corrected chi connectivity index (χ1v) is 4.83. The van der Waals surface area contributed by atoms with Gasteiger partial charge in [-0.15, -0.1) is 0 Å². The van der Waals surface area contributed by atoms with Crippen LogP contribution in [-0.4, -0.2) is 12.3 Å². The Bertz CT molecular complexity index is 278. The minimum Gasteiger partial charge on any atom is -0.457 e. The average Bonchev–Trinajstić information content (AvgIpc) is 2.29. The second-order valence-corrected chi connectivity index (χ2v) is 4.06. The molecule has 1 radical (unpaired) electrons. The molecule has 1 aromatic rings. The fourth-order valence-electron chi connectivity index (χ4n) is 1.32. The Hall–Kier alpha value is -0.725. The molecular formula is C10H17BNO. The summed E-state index contributed by atoms with van der Waals surface area (Å²) in [5.41, 5.74) is 1.08. The van der Waals surface area contributed by atoms with E-state index in [1.807, 2.05) is 14.2 Å². The highest BCUT2D eigenvalue weighted by Crippen LogP contribution is 2.15. The molecule has 71 valence electrons. The van der Waals surface area contributed by atoms with Crippen molar-refractivity contribution in [3.63, 3.8) is 0 Å². The first-order valence-electron chi connectivity index (χ1n) is 4.83. The lowest BCUT2D eigenvalue weighted by atomic mass is 9.66. The van der Waals surface area contributed by atoms with Crippen molar-refractivity contribution in [1.29, 1.82) is 0 Å². The van der Waals surface area contributed by atoms with Crippen LogP contribution in [0, 0.1) is 6.92 Å². The van der Waals surface area contributed by atoms with E-state index in [4.69, 9.17) is 4.42 Å². The smallest absolute Gasteiger partial charge is 0.232 e. The highest BCUT2D eigenvalue weighted by Gasteiger charge is 2.13. The molecular weight excluding hydrogens is 161 g/mol. The van der Waals surface area contributed by atoms with Crippen LogP contribution in [0.5, 0.6) is 0 Å². The number of rotatable bonds is 3. The largest absolute Gasteiger partial charge is 0.457 e. The minimum atomic E-state index is 0.443. The molecule has 0 bridgehead atoms. The van der Waals surface area contributed by atoms with Gasteiger partial charge in [0, 0.05) is 0 Å². The molecule has 0 saturated heterocycles. The maximum absolute atomic E-state index is 5.52. The van der Waals surface area contributed by atoms with Crippen LogP contribution in [0.4, 0.5) is 0 Å². The summed E-state index contributed by atoms with van der Waals surface area (Å²) < 4.78 is 5.52. The van der Waals surface area contributed by atoms with Gasteiger partial charge in [0.1, 0.15) is 11.6 Å². The van der Waals surface area contributed by atoms with E-state index in [2.05, 4.69) is 32.7 Å². The van der Waals surface area contributed by atoms with Gasteiger partial charge in [-0.1, -0.05) is 33.5 Å². The van der Waals surface area contributed by atoms with Gasteiger partial charge >= 0.3 is 0 Å². The highest BCUT2D eigenvalue weighted by atomic mass is 16.3. The molecule has 0 N–H and O–H groups in total. The van der Waals surface area contributed by atoms with E-state index < -0.39 is 0 Å². The third-order valence-electron chi connectivity index (χ3n) is 1.87. The third kappa shape index (κ3) is 2.61. The van der Waals surface area contributed by atoms with Crippen LogP contribution in [0.2, 0.25) is 5.82 Å². The van der Waals surface area contributed by atoms with Crippen LogP contribution in [0.15, 0.2) is 4.42 Å². The quantitative estimate of drug-likeness (QED) is 0.663. The Morgan fingerprint density at radius 1 is 1.23 bits per heavy atom. The van der Waals surface area contributed by atoms with E-state index in [9.17, 15) is 0 Å². The van der Waals surface area contributed by atoms with Crippen LogP contribution < -0.4 is 5.79 Å².